The fourth-order valence-corrected chi connectivity index (χ4v) is 3.32. The predicted molar refractivity (Wildman–Crippen MR) is 91.2 cm³/mol. The van der Waals surface area contributed by atoms with Crippen LogP contribution in [0.4, 0.5) is 4.39 Å². The van der Waals surface area contributed by atoms with Crippen molar-refractivity contribution in [2.45, 2.75) is 31.2 Å². The largest absolute Gasteiger partial charge is 0.336 e. The van der Waals surface area contributed by atoms with E-state index in [-0.39, 0.29) is 17.8 Å². The Hall–Kier alpha value is -3.10. The third-order valence-electron chi connectivity index (χ3n) is 5.03. The van der Waals surface area contributed by atoms with Gasteiger partial charge in [-0.25, -0.2) is 9.07 Å². The monoisotopic (exact) mass is 368 g/mol. The zero-order valence-electron chi connectivity index (χ0n) is 14.5. The predicted octanol–water partition coefficient (Wildman–Crippen LogP) is 2.43. The lowest BCUT2D eigenvalue weighted by Gasteiger charge is -2.16. The first-order valence-electron chi connectivity index (χ1n) is 8.98. The van der Waals surface area contributed by atoms with Crippen LogP contribution in [0.15, 0.2) is 35.0 Å². The molecule has 2 aromatic heterocycles. The van der Waals surface area contributed by atoms with Crippen molar-refractivity contribution in [3.8, 4) is 11.6 Å². The molecule has 5 rings (SSSR count). The molecule has 1 aliphatic carbocycles. The van der Waals surface area contributed by atoms with Gasteiger partial charge >= 0.3 is 0 Å². The van der Waals surface area contributed by atoms with Gasteiger partial charge in [-0.1, -0.05) is 10.4 Å². The zero-order valence-corrected chi connectivity index (χ0v) is 14.5. The van der Waals surface area contributed by atoms with E-state index in [1.807, 2.05) is 0 Å². The molecule has 1 saturated carbocycles. The number of likely N-dealkylation sites (tertiary alicyclic amines) is 1. The SMILES string of the molecule is O=C(c1ccc(F)cc1)N1CC[C@@H](n2cc(-c3nc(C4CC4)no3)nn2)C1. The number of hydrogen-bond acceptors (Lipinski definition) is 6. The van der Waals surface area contributed by atoms with Gasteiger partial charge in [0, 0.05) is 24.6 Å². The van der Waals surface area contributed by atoms with Crippen LogP contribution in [0.2, 0.25) is 0 Å². The topological polar surface area (TPSA) is 89.9 Å². The van der Waals surface area contributed by atoms with Gasteiger partial charge in [0.1, 0.15) is 5.82 Å². The molecule has 1 aromatic carbocycles. The molecule has 0 unspecified atom stereocenters. The summed E-state index contributed by atoms with van der Waals surface area (Å²) < 4.78 is 20.1. The maximum Gasteiger partial charge on any atom is 0.280 e. The van der Waals surface area contributed by atoms with Crippen molar-refractivity contribution in [2.24, 2.45) is 0 Å². The maximum atomic E-state index is 13.0. The lowest BCUT2D eigenvalue weighted by atomic mass is 10.2. The van der Waals surface area contributed by atoms with E-state index in [4.69, 9.17) is 4.52 Å². The summed E-state index contributed by atoms with van der Waals surface area (Å²) in [4.78, 5) is 18.7. The number of amides is 1. The highest BCUT2D eigenvalue weighted by Gasteiger charge is 2.31. The van der Waals surface area contributed by atoms with E-state index in [0.717, 1.165) is 25.1 Å². The van der Waals surface area contributed by atoms with Crippen molar-refractivity contribution in [2.75, 3.05) is 13.1 Å². The van der Waals surface area contributed by atoms with Crippen molar-refractivity contribution < 1.29 is 13.7 Å². The Balaban J connectivity index is 1.28. The van der Waals surface area contributed by atoms with Gasteiger partial charge in [0.05, 0.1) is 12.2 Å². The average Bonchev–Trinajstić information content (AvgIpc) is 3.09. The van der Waals surface area contributed by atoms with E-state index in [0.29, 0.717) is 36.2 Å². The number of aromatic nitrogens is 5. The lowest BCUT2D eigenvalue weighted by Crippen LogP contribution is -2.29. The molecular weight excluding hydrogens is 351 g/mol. The summed E-state index contributed by atoms with van der Waals surface area (Å²) in [5, 5.41) is 12.3. The molecule has 0 spiro atoms. The first kappa shape index (κ1) is 16.1. The number of carbonyl (C=O) groups is 1. The van der Waals surface area contributed by atoms with Gasteiger partial charge in [-0.2, -0.15) is 4.98 Å². The summed E-state index contributed by atoms with van der Waals surface area (Å²) in [6.45, 7) is 1.14. The van der Waals surface area contributed by atoms with Gasteiger partial charge < -0.3 is 9.42 Å². The van der Waals surface area contributed by atoms with E-state index in [9.17, 15) is 9.18 Å². The van der Waals surface area contributed by atoms with E-state index < -0.39 is 0 Å². The van der Waals surface area contributed by atoms with Crippen LogP contribution >= 0.6 is 0 Å². The zero-order chi connectivity index (χ0) is 18.4. The third kappa shape index (κ3) is 3.09. The number of hydrogen-bond donors (Lipinski definition) is 0. The molecule has 1 saturated heterocycles. The van der Waals surface area contributed by atoms with Gasteiger partial charge in [0.25, 0.3) is 11.8 Å². The molecule has 138 valence electrons. The number of carbonyl (C=O) groups excluding carboxylic acids is 1. The molecule has 2 aliphatic rings. The van der Waals surface area contributed by atoms with Gasteiger partial charge in [0.15, 0.2) is 11.5 Å². The van der Waals surface area contributed by atoms with Gasteiger partial charge in [0.2, 0.25) is 0 Å². The van der Waals surface area contributed by atoms with Crippen LogP contribution in [-0.4, -0.2) is 49.0 Å². The fraction of sp³-hybridized carbons (Fsp3) is 0.389. The van der Waals surface area contributed by atoms with Crippen LogP contribution in [0.3, 0.4) is 0 Å². The standard InChI is InChI=1S/C18H17FN6O2/c19-13-5-3-12(4-6-13)18(26)24-8-7-14(9-24)25-10-15(21-23-25)17-20-16(22-27-17)11-1-2-11/h3-6,10-11,14H,1-2,7-9H2/t14-/m1/s1. The molecule has 1 atom stereocenters. The Bertz CT molecular complexity index is 978. The molecule has 3 aromatic rings. The molecule has 0 radical (unpaired) electrons. The van der Waals surface area contributed by atoms with Gasteiger partial charge in [-0.05, 0) is 43.5 Å². The molecule has 3 heterocycles. The first-order valence-corrected chi connectivity index (χ1v) is 8.98. The number of nitrogens with zero attached hydrogens (tertiary/aromatic N) is 6. The second-order valence-electron chi connectivity index (χ2n) is 7.02. The first-order chi connectivity index (χ1) is 13.2. The second-order valence-corrected chi connectivity index (χ2v) is 7.02. The average molecular weight is 368 g/mol. The quantitative estimate of drug-likeness (QED) is 0.703. The molecule has 1 amide bonds. The lowest BCUT2D eigenvalue weighted by molar-refractivity contribution is 0.0787. The van der Waals surface area contributed by atoms with Crippen molar-refractivity contribution >= 4 is 5.91 Å². The van der Waals surface area contributed by atoms with Crippen LogP contribution in [0.25, 0.3) is 11.6 Å². The Morgan fingerprint density at radius 1 is 1.19 bits per heavy atom. The number of benzene rings is 1. The van der Waals surface area contributed by atoms with Crippen LogP contribution in [0.1, 0.15) is 47.4 Å². The van der Waals surface area contributed by atoms with E-state index in [2.05, 4.69) is 20.5 Å². The number of rotatable bonds is 4. The minimum absolute atomic E-state index is 0.0291. The van der Waals surface area contributed by atoms with Crippen molar-refractivity contribution in [1.29, 1.82) is 0 Å². The van der Waals surface area contributed by atoms with Gasteiger partial charge in [-0.15, -0.1) is 5.10 Å². The molecule has 27 heavy (non-hydrogen) atoms. The Morgan fingerprint density at radius 3 is 2.78 bits per heavy atom. The summed E-state index contributed by atoms with van der Waals surface area (Å²) in [6.07, 6.45) is 4.75. The smallest absolute Gasteiger partial charge is 0.280 e. The Labute approximate surface area is 154 Å². The summed E-state index contributed by atoms with van der Waals surface area (Å²) in [7, 11) is 0. The summed E-state index contributed by atoms with van der Waals surface area (Å²) >= 11 is 0. The Kier molecular flexibility index (Phi) is 3.73. The highest BCUT2D eigenvalue weighted by Crippen LogP contribution is 2.38. The highest BCUT2D eigenvalue weighted by atomic mass is 19.1. The summed E-state index contributed by atoms with van der Waals surface area (Å²) in [5.41, 5.74) is 1.02. The van der Waals surface area contributed by atoms with E-state index in [1.54, 1.807) is 15.8 Å². The van der Waals surface area contributed by atoms with Crippen LogP contribution in [0, 0.1) is 5.82 Å². The normalized spacial score (nSPS) is 19.6. The fourth-order valence-electron chi connectivity index (χ4n) is 3.32. The van der Waals surface area contributed by atoms with Crippen LogP contribution in [-0.2, 0) is 0 Å². The van der Waals surface area contributed by atoms with Crippen LogP contribution in [0.5, 0.6) is 0 Å². The highest BCUT2D eigenvalue weighted by molar-refractivity contribution is 5.94. The minimum Gasteiger partial charge on any atom is -0.336 e. The molecule has 8 nitrogen and oxygen atoms in total. The van der Waals surface area contributed by atoms with Crippen molar-refractivity contribution in [3.05, 3.63) is 47.7 Å². The maximum absolute atomic E-state index is 13.0. The minimum atomic E-state index is -0.355. The van der Waals surface area contributed by atoms with Crippen LogP contribution < -0.4 is 0 Å². The number of halogens is 1. The van der Waals surface area contributed by atoms with E-state index in [1.165, 1.54) is 24.3 Å². The molecule has 0 bridgehead atoms. The summed E-state index contributed by atoms with van der Waals surface area (Å²) in [5.74, 6) is 1.06. The third-order valence-corrected chi connectivity index (χ3v) is 5.03. The van der Waals surface area contributed by atoms with Crippen molar-refractivity contribution in [1.82, 2.24) is 30.0 Å². The molecule has 0 N–H and O–H groups in total. The second kappa shape index (κ2) is 6.26. The molecule has 2 fully saturated rings. The Morgan fingerprint density at radius 2 is 2.00 bits per heavy atom. The molecule has 9 heteroatoms. The molecule has 1 aliphatic heterocycles. The van der Waals surface area contributed by atoms with E-state index >= 15 is 0 Å². The van der Waals surface area contributed by atoms with Crippen molar-refractivity contribution in [3.63, 3.8) is 0 Å². The molecular formula is C18H17FN6O2. The summed E-state index contributed by atoms with van der Waals surface area (Å²) in [6, 6.07) is 5.63. The van der Waals surface area contributed by atoms with Gasteiger partial charge in [-0.3, -0.25) is 4.79 Å².